The summed E-state index contributed by atoms with van der Waals surface area (Å²) in [6.45, 7) is 0.792. The second-order valence-electron chi connectivity index (χ2n) is 15.5. The number of hydrogen-bond donors (Lipinski definition) is 4. The number of aliphatic hydroxyl groups is 2. The van der Waals surface area contributed by atoms with E-state index in [9.17, 15) is 23.6 Å². The zero-order valence-corrected chi connectivity index (χ0v) is 35.2. The zero-order chi connectivity index (χ0) is 43.6. The van der Waals surface area contributed by atoms with Crippen LogP contribution < -0.4 is 11.5 Å². The van der Waals surface area contributed by atoms with Gasteiger partial charge in [0.15, 0.2) is 45.2 Å². The van der Waals surface area contributed by atoms with Crippen molar-refractivity contribution in [2.75, 3.05) is 31.3 Å². The first-order valence-corrected chi connectivity index (χ1v) is 22.3. The molecule has 6 N–H and O–H groups in total. The third kappa shape index (κ3) is 10.8. The molecule has 0 aromatic carbocycles. The molecule has 4 aromatic heterocycles. The maximum Gasteiger partial charge on any atom is 0.475 e. The quantitative estimate of drug-likeness (QED) is 0.0271. The molecule has 0 aliphatic carbocycles. The van der Waals surface area contributed by atoms with Crippen LogP contribution in [0.2, 0.25) is 0 Å². The Morgan fingerprint density at radius 2 is 1.11 bits per heavy atom. The summed E-state index contributed by atoms with van der Waals surface area (Å²) in [6, 6.07) is 0. The number of nitrogens with zero attached hydrogens (tertiary/aromatic N) is 8. The van der Waals surface area contributed by atoms with Crippen LogP contribution in [-0.2, 0) is 27.6 Å². The van der Waals surface area contributed by atoms with Crippen LogP contribution in [0.3, 0.4) is 0 Å². The minimum absolute atomic E-state index is 0.000747. The molecule has 61 heavy (non-hydrogen) atoms. The summed E-state index contributed by atoms with van der Waals surface area (Å²) in [6.07, 6.45) is 23.0. The lowest BCUT2D eigenvalue weighted by atomic mass is 9.99. The number of rotatable bonds is 24. The first-order valence-electron chi connectivity index (χ1n) is 20.9. The van der Waals surface area contributed by atoms with Gasteiger partial charge in [-0.15, -0.1) is 12.8 Å². The molecule has 6 rings (SSSR count). The molecule has 0 radical (unpaired) electrons. The number of terminal acetylenes is 2. The van der Waals surface area contributed by atoms with E-state index < -0.39 is 69.1 Å². The Morgan fingerprint density at radius 3 is 1.51 bits per heavy atom. The molecule has 0 bridgehead atoms. The zero-order valence-electron chi connectivity index (χ0n) is 34.3. The number of aliphatic hydroxyl groups excluding tert-OH is 2. The van der Waals surface area contributed by atoms with Crippen molar-refractivity contribution in [3.05, 3.63) is 24.8 Å². The predicted octanol–water partition coefficient (Wildman–Crippen LogP) is 6.05. The number of imidazole rings is 2. The Morgan fingerprint density at radius 1 is 0.721 bits per heavy atom. The van der Waals surface area contributed by atoms with Crippen LogP contribution in [0.1, 0.15) is 122 Å². The number of hydrogen-bond acceptors (Lipinski definition) is 16. The summed E-state index contributed by atoms with van der Waals surface area (Å²) >= 11 is 0. The average molecular weight is 873 g/mol. The Bertz CT molecular complexity index is 2100. The molecule has 2 aliphatic rings. The van der Waals surface area contributed by atoms with Gasteiger partial charge < -0.3 is 31.2 Å². The lowest BCUT2D eigenvalue weighted by Crippen LogP contribution is -2.43. The van der Waals surface area contributed by atoms with Gasteiger partial charge in [-0.3, -0.25) is 22.7 Å². The third-order valence-corrected chi connectivity index (χ3v) is 12.6. The van der Waals surface area contributed by atoms with Crippen molar-refractivity contribution in [3.8, 4) is 24.7 Å². The summed E-state index contributed by atoms with van der Waals surface area (Å²) in [7, 11) is -4.62. The highest BCUT2D eigenvalue weighted by Crippen LogP contribution is 2.53. The van der Waals surface area contributed by atoms with Gasteiger partial charge in [-0.2, -0.15) is 28.7 Å². The molecule has 18 nitrogen and oxygen atoms in total. The monoisotopic (exact) mass is 872 g/mol. The Balaban J connectivity index is 1.09. The highest BCUT2D eigenvalue weighted by Gasteiger charge is 2.52. The van der Waals surface area contributed by atoms with E-state index >= 15 is 0 Å². The molecular weight excluding hydrogens is 817 g/mol. The highest BCUT2D eigenvalue weighted by molar-refractivity contribution is 7.48. The maximum atomic E-state index is 14.5. The van der Waals surface area contributed by atoms with E-state index in [1.165, 1.54) is 79.6 Å². The molecule has 332 valence electrons. The lowest BCUT2D eigenvalue weighted by Gasteiger charge is -2.30. The van der Waals surface area contributed by atoms with E-state index in [1.54, 1.807) is 0 Å². The van der Waals surface area contributed by atoms with Crippen LogP contribution in [0.15, 0.2) is 12.7 Å². The Hall–Kier alpha value is -4.37. The first-order chi connectivity index (χ1) is 29.4. The fourth-order valence-corrected chi connectivity index (χ4v) is 8.90. The summed E-state index contributed by atoms with van der Waals surface area (Å²) in [4.78, 5) is 22.8. The average Bonchev–Trinajstić information content (AvgIpc) is 4.01. The second kappa shape index (κ2) is 20.7. The van der Waals surface area contributed by atoms with Gasteiger partial charge in [0.25, 0.3) is 0 Å². The van der Waals surface area contributed by atoms with Crippen LogP contribution in [0, 0.1) is 36.8 Å². The number of nitrogen functional groups attached to an aromatic ring is 2. The molecule has 0 spiro atoms. The molecule has 6 atom stereocenters. The number of ether oxygens (including phenoxy) is 2. The number of phosphoric ester groups is 1. The van der Waals surface area contributed by atoms with Crippen LogP contribution in [0.4, 0.5) is 20.4 Å². The van der Waals surface area contributed by atoms with Crippen molar-refractivity contribution in [1.82, 2.24) is 39.0 Å². The second-order valence-corrected chi connectivity index (χ2v) is 17.2. The van der Waals surface area contributed by atoms with Gasteiger partial charge >= 0.3 is 20.0 Å². The molecule has 2 saturated heterocycles. The van der Waals surface area contributed by atoms with E-state index in [-0.39, 0.29) is 53.4 Å². The summed E-state index contributed by atoms with van der Waals surface area (Å²) in [5.41, 5.74) is 8.04. The van der Waals surface area contributed by atoms with Gasteiger partial charge in [-0.25, -0.2) is 14.5 Å². The SMILES string of the molecule is C#CC1(COP(=O)(OCCCCCCCCCCCCCCCC)OCC2(C#C)OC(n3cnc4c(N)nc(F)nc43)CC2O)OC(n2cnc3c(N)nc(F)nc32)CC1O. The van der Waals surface area contributed by atoms with Crippen LogP contribution in [-0.4, -0.2) is 92.5 Å². The molecule has 21 heteroatoms. The molecule has 6 heterocycles. The van der Waals surface area contributed by atoms with E-state index in [1.807, 2.05) is 0 Å². The smallest absolute Gasteiger partial charge is 0.389 e. The fraction of sp³-hybridized carbons (Fsp3) is 0.650. The van der Waals surface area contributed by atoms with Crippen molar-refractivity contribution in [2.45, 2.75) is 146 Å². The van der Waals surface area contributed by atoms with Crippen molar-refractivity contribution in [3.63, 3.8) is 0 Å². The highest BCUT2D eigenvalue weighted by atomic mass is 31.2. The van der Waals surface area contributed by atoms with Gasteiger partial charge in [0, 0.05) is 12.8 Å². The van der Waals surface area contributed by atoms with Crippen molar-refractivity contribution < 1.29 is 46.6 Å². The number of phosphoric acid groups is 1. The molecule has 2 fully saturated rings. The largest absolute Gasteiger partial charge is 0.475 e. The fourth-order valence-electron chi connectivity index (χ4n) is 7.62. The predicted molar refractivity (Wildman–Crippen MR) is 220 cm³/mol. The minimum Gasteiger partial charge on any atom is -0.389 e. The van der Waals surface area contributed by atoms with Gasteiger partial charge in [0.05, 0.1) is 19.3 Å². The summed E-state index contributed by atoms with van der Waals surface area (Å²) < 4.78 is 75.0. The van der Waals surface area contributed by atoms with Crippen molar-refractivity contribution in [2.24, 2.45) is 0 Å². The molecule has 0 saturated carbocycles. The van der Waals surface area contributed by atoms with Gasteiger partial charge in [0.1, 0.15) is 37.9 Å². The summed E-state index contributed by atoms with van der Waals surface area (Å²) in [5.74, 6) is 4.42. The van der Waals surface area contributed by atoms with Crippen LogP contribution >= 0.6 is 7.82 Å². The van der Waals surface area contributed by atoms with E-state index in [2.05, 4.69) is 48.7 Å². The molecule has 2 aliphatic heterocycles. The third-order valence-electron chi connectivity index (χ3n) is 11.2. The molecule has 0 amide bonds. The van der Waals surface area contributed by atoms with E-state index in [0.717, 1.165) is 25.7 Å². The standard InChI is InChI=1S/C40H55F2N10O8P/c1-4-7-8-9-10-11-12-13-14-15-16-17-18-19-20-56-61(55,57-23-39(5-2)27(53)21-29(59-39)51-25-45-31-33(43)47-37(41)49-35(31)51)58-24-40(6-3)28(54)22-30(60-40)52-26-46-32-34(44)48-38(42)50-36(32)52/h2-3,25-30,53-54H,4,7-24H2,1H3,(H2,43,47,49)(H2,44,48,50). The Labute approximate surface area is 353 Å². The molecule has 6 unspecified atom stereocenters. The Kier molecular flexibility index (Phi) is 15.6. The van der Waals surface area contributed by atoms with Gasteiger partial charge in [0.2, 0.25) is 0 Å². The number of fused-ring (bicyclic) bond motifs is 2. The van der Waals surface area contributed by atoms with Crippen LogP contribution in [0.25, 0.3) is 22.3 Å². The lowest BCUT2D eigenvalue weighted by molar-refractivity contribution is -0.102. The number of aromatic nitrogens is 8. The van der Waals surface area contributed by atoms with E-state index in [4.69, 9.17) is 47.4 Å². The topological polar surface area (TPSA) is 243 Å². The number of unbranched alkanes of at least 4 members (excludes halogenated alkanes) is 13. The van der Waals surface area contributed by atoms with Crippen molar-refractivity contribution >= 4 is 41.8 Å². The number of anilines is 2. The normalized spacial score (nSPS) is 25.0. The maximum absolute atomic E-state index is 14.5. The van der Waals surface area contributed by atoms with Gasteiger partial charge in [-0.05, 0) is 6.42 Å². The molecular formula is C40H55F2N10O8P. The number of halogens is 2. The summed E-state index contributed by atoms with van der Waals surface area (Å²) in [5, 5.41) is 22.5. The number of nitrogens with two attached hydrogens (primary N) is 2. The minimum atomic E-state index is -4.62. The van der Waals surface area contributed by atoms with Gasteiger partial charge in [-0.1, -0.05) is 102 Å². The molecule has 4 aromatic rings. The van der Waals surface area contributed by atoms with Crippen LogP contribution in [0.5, 0.6) is 0 Å². The first kappa shape index (κ1) is 46.1. The van der Waals surface area contributed by atoms with Crippen molar-refractivity contribution in [1.29, 1.82) is 0 Å². The van der Waals surface area contributed by atoms with E-state index in [0.29, 0.717) is 6.42 Å².